The lowest BCUT2D eigenvalue weighted by molar-refractivity contribution is -0.143. The van der Waals surface area contributed by atoms with E-state index in [0.717, 1.165) is 5.56 Å². The molecule has 2 N–H and O–H groups in total. The zero-order chi connectivity index (χ0) is 24.7. The summed E-state index contributed by atoms with van der Waals surface area (Å²) in [6.45, 7) is 18.3. The van der Waals surface area contributed by atoms with E-state index in [0.29, 0.717) is 12.0 Å². The number of hydrogen-bond acceptors (Lipinski definition) is 4. The summed E-state index contributed by atoms with van der Waals surface area (Å²) >= 11 is 0. The summed E-state index contributed by atoms with van der Waals surface area (Å²) in [6.07, 6.45) is 1.65. The highest BCUT2D eigenvalue weighted by Crippen LogP contribution is 2.27. The van der Waals surface area contributed by atoms with Crippen molar-refractivity contribution in [2.75, 3.05) is 6.54 Å². The van der Waals surface area contributed by atoms with E-state index in [2.05, 4.69) is 17.2 Å². The van der Waals surface area contributed by atoms with Crippen LogP contribution in [0.3, 0.4) is 0 Å². The van der Waals surface area contributed by atoms with Crippen LogP contribution in [0.15, 0.2) is 30.8 Å². The van der Waals surface area contributed by atoms with Gasteiger partial charge in [0.2, 0.25) is 11.8 Å². The van der Waals surface area contributed by atoms with Crippen molar-refractivity contribution < 1.29 is 19.1 Å². The number of rotatable bonds is 8. The highest BCUT2D eigenvalue weighted by Gasteiger charge is 2.35. The van der Waals surface area contributed by atoms with Gasteiger partial charge in [-0.05, 0) is 72.1 Å². The van der Waals surface area contributed by atoms with Gasteiger partial charge >= 0.3 is 6.09 Å². The summed E-state index contributed by atoms with van der Waals surface area (Å²) in [7, 11) is 0. The van der Waals surface area contributed by atoms with E-state index in [4.69, 9.17) is 4.74 Å². The van der Waals surface area contributed by atoms with Gasteiger partial charge in [0, 0.05) is 11.6 Å². The van der Waals surface area contributed by atoms with Crippen molar-refractivity contribution in [1.29, 1.82) is 0 Å². The maximum absolute atomic E-state index is 13.4. The van der Waals surface area contributed by atoms with Crippen LogP contribution in [0.4, 0.5) is 4.79 Å². The van der Waals surface area contributed by atoms with Gasteiger partial charge in [0.25, 0.3) is 0 Å². The Balaban J connectivity index is 3.33. The third-order valence-electron chi connectivity index (χ3n) is 4.62. The number of hydrogen-bond donors (Lipinski definition) is 2. The Morgan fingerprint density at radius 2 is 1.78 bits per heavy atom. The molecule has 0 aromatic heterocycles. The molecule has 0 aliphatic carbocycles. The van der Waals surface area contributed by atoms with Crippen LogP contribution in [0.25, 0.3) is 6.08 Å². The van der Waals surface area contributed by atoms with Gasteiger partial charge in [-0.3, -0.25) is 9.59 Å². The van der Waals surface area contributed by atoms with E-state index in [9.17, 15) is 14.4 Å². The average Bonchev–Trinajstić information content (AvgIpc) is 2.66. The third kappa shape index (κ3) is 8.73. The van der Waals surface area contributed by atoms with Gasteiger partial charge < -0.3 is 20.3 Å². The third-order valence-corrected chi connectivity index (χ3v) is 4.62. The largest absolute Gasteiger partial charge is 0.444 e. The summed E-state index contributed by atoms with van der Waals surface area (Å²) in [6, 6.07) is 6.28. The van der Waals surface area contributed by atoms with E-state index in [-0.39, 0.29) is 24.4 Å². The normalized spacial score (nSPS) is 13.5. The standard InChI is InChI=1S/C25H39N3O4/c1-10-17(3)28(20(29)16-26-23(31)32-25(7,8)9)21(22(30)27-24(4,5)6)19-14-12-13-18(11-2)15-19/h11-15,17,21H,2,10,16H2,1,3-9H3,(H,26,31)(H,27,30). The predicted molar refractivity (Wildman–Crippen MR) is 128 cm³/mol. The molecule has 2 atom stereocenters. The maximum atomic E-state index is 13.4. The zero-order valence-electron chi connectivity index (χ0n) is 20.7. The smallest absolute Gasteiger partial charge is 0.408 e. The van der Waals surface area contributed by atoms with Crippen LogP contribution in [-0.4, -0.2) is 46.5 Å². The number of amides is 3. The van der Waals surface area contributed by atoms with Crippen LogP contribution in [0, 0.1) is 0 Å². The molecule has 1 aromatic carbocycles. The fraction of sp³-hybridized carbons (Fsp3) is 0.560. The number of benzene rings is 1. The molecule has 0 aliphatic heterocycles. The molecule has 7 heteroatoms. The molecule has 2 unspecified atom stereocenters. The highest BCUT2D eigenvalue weighted by atomic mass is 16.6. The van der Waals surface area contributed by atoms with Crippen molar-refractivity contribution in [3.8, 4) is 0 Å². The number of ether oxygens (including phenoxy) is 1. The van der Waals surface area contributed by atoms with Crippen molar-refractivity contribution in [3.63, 3.8) is 0 Å². The molecular weight excluding hydrogens is 406 g/mol. The van der Waals surface area contributed by atoms with Crippen molar-refractivity contribution in [1.82, 2.24) is 15.5 Å². The highest BCUT2D eigenvalue weighted by molar-refractivity contribution is 5.91. The molecule has 0 fully saturated rings. The monoisotopic (exact) mass is 445 g/mol. The summed E-state index contributed by atoms with van der Waals surface area (Å²) in [4.78, 5) is 40.3. The van der Waals surface area contributed by atoms with Crippen LogP contribution >= 0.6 is 0 Å². The maximum Gasteiger partial charge on any atom is 0.408 e. The van der Waals surface area contributed by atoms with Crippen molar-refractivity contribution >= 4 is 24.0 Å². The van der Waals surface area contributed by atoms with E-state index < -0.39 is 23.3 Å². The number of nitrogens with zero attached hydrogens (tertiary/aromatic N) is 1. The molecule has 0 saturated carbocycles. The SMILES string of the molecule is C=Cc1cccc(C(C(=O)NC(C)(C)C)N(C(=O)CNC(=O)OC(C)(C)C)C(C)CC)c1. The zero-order valence-corrected chi connectivity index (χ0v) is 20.7. The minimum atomic E-state index is -0.864. The molecular formula is C25H39N3O4. The summed E-state index contributed by atoms with van der Waals surface area (Å²) in [5, 5.41) is 5.51. The summed E-state index contributed by atoms with van der Waals surface area (Å²) < 4.78 is 5.23. The van der Waals surface area contributed by atoms with Gasteiger partial charge in [0.1, 0.15) is 18.2 Å². The number of carbonyl (C=O) groups excluding carboxylic acids is 3. The number of carbonyl (C=O) groups is 3. The van der Waals surface area contributed by atoms with E-state index >= 15 is 0 Å². The fourth-order valence-electron chi connectivity index (χ4n) is 3.13. The topological polar surface area (TPSA) is 87.7 Å². The number of nitrogens with one attached hydrogen (secondary N) is 2. The molecule has 32 heavy (non-hydrogen) atoms. The summed E-state index contributed by atoms with van der Waals surface area (Å²) in [5.74, 6) is -0.659. The molecule has 1 rings (SSSR count). The molecule has 7 nitrogen and oxygen atoms in total. The molecule has 0 radical (unpaired) electrons. The predicted octanol–water partition coefficient (Wildman–Crippen LogP) is 4.44. The molecule has 3 amide bonds. The lowest BCUT2D eigenvalue weighted by Gasteiger charge is -2.37. The first-order chi connectivity index (χ1) is 14.7. The number of alkyl carbamates (subject to hydrolysis) is 1. The Bertz CT molecular complexity index is 821. The van der Waals surface area contributed by atoms with E-state index in [1.807, 2.05) is 58.9 Å². The van der Waals surface area contributed by atoms with Crippen LogP contribution in [0.5, 0.6) is 0 Å². The minimum absolute atomic E-state index is 0.244. The Labute approximate surface area is 192 Å². The Morgan fingerprint density at radius 3 is 2.28 bits per heavy atom. The van der Waals surface area contributed by atoms with Crippen molar-refractivity contribution in [3.05, 3.63) is 42.0 Å². The lowest BCUT2D eigenvalue weighted by Crippen LogP contribution is -2.53. The van der Waals surface area contributed by atoms with Crippen LogP contribution in [-0.2, 0) is 14.3 Å². The fourth-order valence-corrected chi connectivity index (χ4v) is 3.13. The first-order valence-corrected chi connectivity index (χ1v) is 11.0. The van der Waals surface area contributed by atoms with Gasteiger partial charge in [0.05, 0.1) is 0 Å². The Morgan fingerprint density at radius 1 is 1.16 bits per heavy atom. The quantitative estimate of drug-likeness (QED) is 0.619. The van der Waals surface area contributed by atoms with Crippen LogP contribution in [0.1, 0.15) is 79.0 Å². The van der Waals surface area contributed by atoms with Gasteiger partial charge in [-0.1, -0.05) is 37.8 Å². The molecule has 178 valence electrons. The van der Waals surface area contributed by atoms with Crippen LogP contribution in [0.2, 0.25) is 0 Å². The van der Waals surface area contributed by atoms with Gasteiger partial charge in [-0.25, -0.2) is 4.79 Å². The Hall–Kier alpha value is -2.83. The average molecular weight is 446 g/mol. The Kier molecular flexibility index (Phi) is 9.49. The van der Waals surface area contributed by atoms with Crippen LogP contribution < -0.4 is 10.6 Å². The first kappa shape index (κ1) is 27.2. The first-order valence-electron chi connectivity index (χ1n) is 11.0. The molecule has 0 aliphatic rings. The molecule has 0 heterocycles. The van der Waals surface area contributed by atoms with Gasteiger partial charge in [-0.2, -0.15) is 0 Å². The molecule has 0 saturated heterocycles. The summed E-state index contributed by atoms with van der Waals surface area (Å²) in [5.41, 5.74) is 0.364. The molecule has 1 aromatic rings. The second kappa shape index (κ2) is 11.2. The second-order valence-corrected chi connectivity index (χ2v) is 9.93. The van der Waals surface area contributed by atoms with Crippen molar-refractivity contribution in [2.24, 2.45) is 0 Å². The van der Waals surface area contributed by atoms with E-state index in [1.165, 1.54) is 0 Å². The lowest BCUT2D eigenvalue weighted by atomic mass is 9.98. The van der Waals surface area contributed by atoms with Gasteiger partial charge in [0.15, 0.2) is 0 Å². The minimum Gasteiger partial charge on any atom is -0.444 e. The second-order valence-electron chi connectivity index (χ2n) is 9.93. The molecule has 0 bridgehead atoms. The molecule has 0 spiro atoms. The van der Waals surface area contributed by atoms with Gasteiger partial charge in [-0.15, -0.1) is 0 Å². The van der Waals surface area contributed by atoms with Crippen molar-refractivity contribution in [2.45, 2.75) is 85.0 Å². The van der Waals surface area contributed by atoms with E-state index in [1.54, 1.807) is 31.7 Å².